The minimum Gasteiger partial charge on any atom is -0.0654 e. The third-order valence-corrected chi connectivity index (χ3v) is 3.22. The van der Waals surface area contributed by atoms with Gasteiger partial charge in [-0.1, -0.05) is 17.7 Å². The van der Waals surface area contributed by atoms with Gasteiger partial charge in [0.2, 0.25) is 0 Å². The first-order valence-corrected chi connectivity index (χ1v) is 4.86. The first-order chi connectivity index (χ1) is 6.09. The lowest BCUT2D eigenvalue weighted by Gasteiger charge is -2.06. The molecular formula is C13H16. The van der Waals surface area contributed by atoms with E-state index >= 15 is 0 Å². The lowest BCUT2D eigenvalue weighted by Crippen LogP contribution is -1.88. The van der Waals surface area contributed by atoms with Crippen LogP contribution < -0.4 is 0 Å². The second-order valence-corrected chi connectivity index (χ2v) is 4.18. The molecule has 1 aliphatic rings. The molecule has 1 aromatic carbocycles. The van der Waals surface area contributed by atoms with Crippen molar-refractivity contribution in [2.75, 3.05) is 0 Å². The minimum absolute atomic E-state index is 1.16. The summed E-state index contributed by atoms with van der Waals surface area (Å²) in [6, 6.07) is 4.67. The summed E-state index contributed by atoms with van der Waals surface area (Å²) < 4.78 is 0. The number of hydrogen-bond donors (Lipinski definition) is 0. The van der Waals surface area contributed by atoms with Gasteiger partial charge >= 0.3 is 0 Å². The molecule has 0 aliphatic heterocycles. The molecule has 13 heavy (non-hydrogen) atoms. The van der Waals surface area contributed by atoms with Crippen LogP contribution in [0.4, 0.5) is 0 Å². The van der Waals surface area contributed by atoms with Gasteiger partial charge in [-0.3, -0.25) is 0 Å². The average molecular weight is 172 g/mol. The molecule has 2 rings (SSSR count). The molecule has 0 saturated heterocycles. The third-order valence-electron chi connectivity index (χ3n) is 3.22. The lowest BCUT2D eigenvalue weighted by atomic mass is 9.99. The van der Waals surface area contributed by atoms with Crippen molar-refractivity contribution in [2.24, 2.45) is 0 Å². The van der Waals surface area contributed by atoms with Crippen molar-refractivity contribution in [3.8, 4) is 0 Å². The van der Waals surface area contributed by atoms with Crippen LogP contribution in [0.3, 0.4) is 0 Å². The monoisotopic (exact) mass is 172 g/mol. The Balaban J connectivity index is 2.63. The Kier molecular flexibility index (Phi) is 1.80. The van der Waals surface area contributed by atoms with E-state index in [-0.39, 0.29) is 0 Å². The maximum Gasteiger partial charge on any atom is -0.00578 e. The van der Waals surface area contributed by atoms with Gasteiger partial charge < -0.3 is 0 Å². The molecule has 1 aliphatic carbocycles. The van der Waals surface area contributed by atoms with Crippen molar-refractivity contribution in [1.82, 2.24) is 0 Å². The average Bonchev–Trinajstić information content (AvgIpc) is 2.32. The molecule has 0 heteroatoms. The summed E-state index contributed by atoms with van der Waals surface area (Å²) in [5.74, 6) is 0. The van der Waals surface area contributed by atoms with Crippen LogP contribution in [0, 0.1) is 13.8 Å². The normalized spacial score (nSPS) is 15.1. The second-order valence-electron chi connectivity index (χ2n) is 4.18. The second kappa shape index (κ2) is 2.73. The van der Waals surface area contributed by atoms with Gasteiger partial charge in [0.05, 0.1) is 0 Å². The molecule has 0 nitrogen and oxygen atoms in total. The zero-order chi connectivity index (χ0) is 9.59. The van der Waals surface area contributed by atoms with E-state index < -0.39 is 0 Å². The van der Waals surface area contributed by atoms with Crippen molar-refractivity contribution >= 4 is 5.57 Å². The Labute approximate surface area is 80.3 Å². The van der Waals surface area contributed by atoms with Gasteiger partial charge in [0.15, 0.2) is 0 Å². The maximum absolute atomic E-state index is 2.34. The number of fused-ring (bicyclic) bond motifs is 1. The molecular weight excluding hydrogens is 156 g/mol. The quantitative estimate of drug-likeness (QED) is 0.560. The summed E-state index contributed by atoms with van der Waals surface area (Å²) in [6.45, 7) is 8.85. The van der Waals surface area contributed by atoms with E-state index in [0.717, 1.165) is 6.42 Å². The topological polar surface area (TPSA) is 0 Å². The highest BCUT2D eigenvalue weighted by Gasteiger charge is 2.15. The van der Waals surface area contributed by atoms with Crippen LogP contribution in [0.1, 0.15) is 36.1 Å². The first kappa shape index (κ1) is 8.55. The molecule has 0 saturated carbocycles. The fourth-order valence-corrected chi connectivity index (χ4v) is 2.02. The summed E-state index contributed by atoms with van der Waals surface area (Å²) in [5.41, 5.74) is 8.82. The standard InChI is InChI=1S/C13H16/c1-8-5-12-6-10(3)11(4)13(12)7-9(8)2/h5,7H,6H2,1-4H3. The molecule has 0 spiro atoms. The van der Waals surface area contributed by atoms with Crippen molar-refractivity contribution < 1.29 is 0 Å². The summed E-state index contributed by atoms with van der Waals surface area (Å²) in [6.07, 6.45) is 1.16. The Morgan fingerprint density at radius 2 is 1.54 bits per heavy atom. The van der Waals surface area contributed by atoms with Crippen LogP contribution in [0.5, 0.6) is 0 Å². The van der Waals surface area contributed by atoms with Crippen LogP contribution in [0.25, 0.3) is 5.57 Å². The molecule has 0 aromatic heterocycles. The summed E-state index contributed by atoms with van der Waals surface area (Å²) in [5, 5.41) is 0. The Bertz CT molecular complexity index is 395. The van der Waals surface area contributed by atoms with Gasteiger partial charge in [0.1, 0.15) is 0 Å². The highest BCUT2D eigenvalue weighted by molar-refractivity contribution is 5.75. The van der Waals surface area contributed by atoms with Gasteiger partial charge in [0.25, 0.3) is 0 Å². The summed E-state index contributed by atoms with van der Waals surface area (Å²) >= 11 is 0. The largest absolute Gasteiger partial charge is 0.0654 e. The smallest absolute Gasteiger partial charge is 0.00578 e. The van der Waals surface area contributed by atoms with E-state index in [9.17, 15) is 0 Å². The van der Waals surface area contributed by atoms with Gasteiger partial charge in [0, 0.05) is 0 Å². The van der Waals surface area contributed by atoms with Crippen molar-refractivity contribution in [2.45, 2.75) is 34.1 Å². The molecule has 0 N–H and O–H groups in total. The minimum atomic E-state index is 1.16. The van der Waals surface area contributed by atoms with Crippen LogP contribution in [-0.2, 0) is 6.42 Å². The predicted molar refractivity (Wildman–Crippen MR) is 57.9 cm³/mol. The summed E-state index contributed by atoms with van der Waals surface area (Å²) in [4.78, 5) is 0. The fourth-order valence-electron chi connectivity index (χ4n) is 2.02. The first-order valence-electron chi connectivity index (χ1n) is 4.86. The lowest BCUT2D eigenvalue weighted by molar-refractivity contribution is 1.17. The number of rotatable bonds is 0. The molecule has 0 radical (unpaired) electrons. The highest BCUT2D eigenvalue weighted by Crippen LogP contribution is 2.33. The molecule has 0 amide bonds. The zero-order valence-corrected chi connectivity index (χ0v) is 8.86. The zero-order valence-electron chi connectivity index (χ0n) is 8.86. The Morgan fingerprint density at radius 1 is 0.923 bits per heavy atom. The number of allylic oxidation sites excluding steroid dienone is 2. The van der Waals surface area contributed by atoms with E-state index in [0.29, 0.717) is 0 Å². The van der Waals surface area contributed by atoms with E-state index in [2.05, 4.69) is 39.8 Å². The molecule has 68 valence electrons. The third kappa shape index (κ3) is 1.21. The van der Waals surface area contributed by atoms with E-state index in [1.54, 1.807) is 0 Å². The van der Waals surface area contributed by atoms with Crippen LogP contribution in [-0.4, -0.2) is 0 Å². The van der Waals surface area contributed by atoms with Gasteiger partial charge in [-0.05, 0) is 61.9 Å². The van der Waals surface area contributed by atoms with Gasteiger partial charge in [-0.2, -0.15) is 0 Å². The SMILES string of the molecule is CC1=C(C)c2cc(C)c(C)cc2C1. The number of benzene rings is 1. The number of hydrogen-bond acceptors (Lipinski definition) is 0. The van der Waals surface area contributed by atoms with Crippen LogP contribution in [0.2, 0.25) is 0 Å². The molecule has 0 atom stereocenters. The molecule has 0 fully saturated rings. The highest BCUT2D eigenvalue weighted by atomic mass is 14.2. The predicted octanol–water partition coefficient (Wildman–Crippen LogP) is 3.65. The molecule has 0 bridgehead atoms. The van der Waals surface area contributed by atoms with E-state index in [1.807, 2.05) is 0 Å². The van der Waals surface area contributed by atoms with Crippen LogP contribution in [0.15, 0.2) is 17.7 Å². The van der Waals surface area contributed by atoms with Crippen molar-refractivity contribution in [3.63, 3.8) is 0 Å². The Hall–Kier alpha value is -1.04. The van der Waals surface area contributed by atoms with Gasteiger partial charge in [-0.15, -0.1) is 0 Å². The van der Waals surface area contributed by atoms with Gasteiger partial charge in [-0.25, -0.2) is 0 Å². The van der Waals surface area contributed by atoms with Crippen molar-refractivity contribution in [3.05, 3.63) is 40.0 Å². The number of aryl methyl sites for hydroxylation is 2. The summed E-state index contributed by atoms with van der Waals surface area (Å²) in [7, 11) is 0. The van der Waals surface area contributed by atoms with E-state index in [4.69, 9.17) is 0 Å². The Morgan fingerprint density at radius 3 is 2.23 bits per heavy atom. The maximum atomic E-state index is 2.34. The van der Waals surface area contributed by atoms with E-state index in [1.165, 1.54) is 33.4 Å². The van der Waals surface area contributed by atoms with Crippen molar-refractivity contribution in [1.29, 1.82) is 0 Å². The molecule has 0 heterocycles. The molecule has 0 unspecified atom stereocenters. The molecule has 1 aromatic rings. The van der Waals surface area contributed by atoms with Crippen LogP contribution >= 0.6 is 0 Å². The fraction of sp³-hybridized carbons (Fsp3) is 0.385.